The monoisotopic (exact) mass is 153 g/mol. The first kappa shape index (κ1) is 8.27. The van der Waals surface area contributed by atoms with Crippen LogP contribution in [0.5, 0.6) is 0 Å². The molecule has 1 atom stereocenters. The summed E-state index contributed by atoms with van der Waals surface area (Å²) in [6, 6.07) is 0.142. The highest BCUT2D eigenvalue weighted by Gasteiger charge is 2.08. The molecule has 2 N–H and O–H groups in total. The Morgan fingerprint density at radius 3 is 2.73 bits per heavy atom. The number of aromatic nitrogens is 2. The summed E-state index contributed by atoms with van der Waals surface area (Å²) in [5, 5.41) is 4.22. The van der Waals surface area contributed by atoms with Crippen molar-refractivity contribution >= 4 is 0 Å². The van der Waals surface area contributed by atoms with Gasteiger partial charge in [-0.1, -0.05) is 6.92 Å². The normalized spacial score (nSPS) is 13.5. The van der Waals surface area contributed by atoms with Crippen LogP contribution in [0.1, 0.15) is 30.6 Å². The van der Waals surface area contributed by atoms with Crippen LogP contribution in [0.2, 0.25) is 0 Å². The van der Waals surface area contributed by atoms with E-state index < -0.39 is 0 Å². The van der Waals surface area contributed by atoms with Crippen molar-refractivity contribution in [3.8, 4) is 0 Å². The van der Waals surface area contributed by atoms with Gasteiger partial charge in [-0.2, -0.15) is 5.10 Å². The van der Waals surface area contributed by atoms with Gasteiger partial charge in [0.05, 0.1) is 5.69 Å². The second kappa shape index (κ2) is 3.05. The van der Waals surface area contributed by atoms with Crippen LogP contribution in [-0.4, -0.2) is 9.78 Å². The molecule has 1 aromatic heterocycles. The molecule has 0 aliphatic heterocycles. The zero-order valence-corrected chi connectivity index (χ0v) is 7.33. The van der Waals surface area contributed by atoms with Crippen LogP contribution in [0.4, 0.5) is 0 Å². The molecule has 3 nitrogen and oxygen atoms in total. The Bertz CT molecular complexity index is 239. The molecule has 1 unspecified atom stereocenters. The Morgan fingerprint density at radius 2 is 2.36 bits per heavy atom. The Labute approximate surface area is 67.2 Å². The second-order valence-electron chi connectivity index (χ2n) is 2.86. The smallest absolute Gasteiger partial charge is 0.0641 e. The number of hydrogen-bond donors (Lipinski definition) is 1. The maximum absolute atomic E-state index is 5.86. The maximum atomic E-state index is 5.86. The Balaban J connectivity index is 2.93. The zero-order valence-electron chi connectivity index (χ0n) is 7.33. The van der Waals surface area contributed by atoms with Gasteiger partial charge >= 0.3 is 0 Å². The number of aryl methyl sites for hydroxylation is 2. The summed E-state index contributed by atoms with van der Waals surface area (Å²) in [5.74, 6) is 0. The van der Waals surface area contributed by atoms with Crippen molar-refractivity contribution in [2.24, 2.45) is 12.8 Å². The van der Waals surface area contributed by atoms with E-state index in [0.29, 0.717) is 0 Å². The Hall–Kier alpha value is -0.830. The highest BCUT2D eigenvalue weighted by atomic mass is 15.2. The van der Waals surface area contributed by atoms with Crippen LogP contribution in [0, 0.1) is 6.92 Å². The minimum Gasteiger partial charge on any atom is -0.324 e. The number of hydrogen-bond acceptors (Lipinski definition) is 2. The summed E-state index contributed by atoms with van der Waals surface area (Å²) in [7, 11) is 1.92. The molecule has 0 aliphatic rings. The van der Waals surface area contributed by atoms with E-state index >= 15 is 0 Å². The lowest BCUT2D eigenvalue weighted by molar-refractivity contribution is 0.693. The van der Waals surface area contributed by atoms with Crippen molar-refractivity contribution in [3.63, 3.8) is 0 Å². The van der Waals surface area contributed by atoms with Crippen molar-refractivity contribution < 1.29 is 0 Å². The molecule has 0 bridgehead atoms. The summed E-state index contributed by atoms with van der Waals surface area (Å²) >= 11 is 0. The highest BCUT2D eigenvalue weighted by Crippen LogP contribution is 2.15. The van der Waals surface area contributed by atoms with Gasteiger partial charge in [0.15, 0.2) is 0 Å². The largest absolute Gasteiger partial charge is 0.324 e. The van der Waals surface area contributed by atoms with E-state index in [2.05, 4.69) is 12.0 Å². The molecule has 0 saturated carbocycles. The van der Waals surface area contributed by atoms with Crippen molar-refractivity contribution in [1.82, 2.24) is 9.78 Å². The molecule has 11 heavy (non-hydrogen) atoms. The Kier molecular flexibility index (Phi) is 2.29. The quantitative estimate of drug-likeness (QED) is 0.692. The molecule has 0 aliphatic carbocycles. The first-order valence-corrected chi connectivity index (χ1v) is 3.91. The van der Waals surface area contributed by atoms with Gasteiger partial charge in [-0.05, 0) is 13.3 Å². The van der Waals surface area contributed by atoms with Crippen molar-refractivity contribution in [2.75, 3.05) is 0 Å². The average molecular weight is 153 g/mol. The van der Waals surface area contributed by atoms with Gasteiger partial charge < -0.3 is 5.73 Å². The van der Waals surface area contributed by atoms with E-state index in [1.165, 1.54) is 0 Å². The van der Waals surface area contributed by atoms with Gasteiger partial charge in [-0.25, -0.2) is 0 Å². The topological polar surface area (TPSA) is 43.8 Å². The molecule has 0 radical (unpaired) electrons. The molecule has 0 aromatic carbocycles. The summed E-state index contributed by atoms with van der Waals surface area (Å²) in [6.45, 7) is 4.07. The maximum Gasteiger partial charge on any atom is 0.0641 e. The minimum absolute atomic E-state index is 0.142. The van der Waals surface area contributed by atoms with Crippen LogP contribution < -0.4 is 5.73 Å². The average Bonchev–Trinajstić information content (AvgIpc) is 2.28. The van der Waals surface area contributed by atoms with Crippen LogP contribution >= 0.6 is 0 Å². The molecule has 0 amide bonds. The Morgan fingerprint density at radius 1 is 1.73 bits per heavy atom. The minimum atomic E-state index is 0.142. The fourth-order valence-electron chi connectivity index (χ4n) is 1.20. The molecular weight excluding hydrogens is 138 g/mol. The summed E-state index contributed by atoms with van der Waals surface area (Å²) < 4.78 is 1.81. The van der Waals surface area contributed by atoms with Crippen molar-refractivity contribution in [2.45, 2.75) is 26.3 Å². The molecule has 1 aromatic rings. The first-order valence-electron chi connectivity index (χ1n) is 3.91. The third kappa shape index (κ3) is 1.60. The van der Waals surface area contributed by atoms with E-state index in [1.807, 2.05) is 20.2 Å². The van der Waals surface area contributed by atoms with Gasteiger partial charge in [0, 0.05) is 24.8 Å². The number of nitrogens with zero attached hydrogens (tertiary/aromatic N) is 2. The predicted molar refractivity (Wildman–Crippen MR) is 45.2 cm³/mol. The van der Waals surface area contributed by atoms with Crippen LogP contribution in [0.3, 0.4) is 0 Å². The number of rotatable bonds is 2. The summed E-state index contributed by atoms with van der Waals surface area (Å²) in [4.78, 5) is 0. The van der Waals surface area contributed by atoms with E-state index in [-0.39, 0.29) is 6.04 Å². The third-order valence-corrected chi connectivity index (χ3v) is 1.89. The lowest BCUT2D eigenvalue weighted by Crippen LogP contribution is -2.08. The van der Waals surface area contributed by atoms with Crippen LogP contribution in [0.25, 0.3) is 0 Å². The van der Waals surface area contributed by atoms with E-state index in [0.717, 1.165) is 17.7 Å². The van der Waals surface area contributed by atoms with E-state index in [9.17, 15) is 0 Å². The lowest BCUT2D eigenvalue weighted by atomic mass is 10.1. The first-order chi connectivity index (χ1) is 5.15. The molecule has 3 heteroatoms. The SMILES string of the molecule is CCC(N)c1cn(C)nc1C. The molecule has 62 valence electrons. The molecular formula is C8H15N3. The molecule has 0 fully saturated rings. The standard InChI is InChI=1S/C8H15N3/c1-4-8(9)7-5-11(3)10-6(7)2/h5,8H,4,9H2,1-3H3. The van der Waals surface area contributed by atoms with E-state index in [1.54, 1.807) is 4.68 Å². The van der Waals surface area contributed by atoms with Crippen LogP contribution in [-0.2, 0) is 7.05 Å². The second-order valence-corrected chi connectivity index (χ2v) is 2.86. The molecule has 0 spiro atoms. The van der Waals surface area contributed by atoms with Gasteiger partial charge in [0.2, 0.25) is 0 Å². The summed E-state index contributed by atoms with van der Waals surface area (Å²) in [5.41, 5.74) is 8.06. The third-order valence-electron chi connectivity index (χ3n) is 1.89. The fourth-order valence-corrected chi connectivity index (χ4v) is 1.20. The van der Waals surface area contributed by atoms with E-state index in [4.69, 9.17) is 5.73 Å². The van der Waals surface area contributed by atoms with Gasteiger partial charge in [0.1, 0.15) is 0 Å². The highest BCUT2D eigenvalue weighted by molar-refractivity contribution is 5.19. The molecule has 1 rings (SSSR count). The molecule has 1 heterocycles. The lowest BCUT2D eigenvalue weighted by Gasteiger charge is -2.05. The predicted octanol–water partition coefficient (Wildman–Crippen LogP) is 1.14. The van der Waals surface area contributed by atoms with Crippen molar-refractivity contribution in [3.05, 3.63) is 17.5 Å². The zero-order chi connectivity index (χ0) is 8.43. The van der Waals surface area contributed by atoms with Gasteiger partial charge in [-0.3, -0.25) is 4.68 Å². The fraction of sp³-hybridized carbons (Fsp3) is 0.625. The van der Waals surface area contributed by atoms with Gasteiger partial charge in [0.25, 0.3) is 0 Å². The molecule has 0 saturated heterocycles. The van der Waals surface area contributed by atoms with Crippen molar-refractivity contribution in [1.29, 1.82) is 0 Å². The number of nitrogens with two attached hydrogens (primary N) is 1. The van der Waals surface area contributed by atoms with Gasteiger partial charge in [-0.15, -0.1) is 0 Å². The van der Waals surface area contributed by atoms with Crippen LogP contribution in [0.15, 0.2) is 6.20 Å². The summed E-state index contributed by atoms with van der Waals surface area (Å²) in [6.07, 6.45) is 2.95.